The third-order valence-corrected chi connectivity index (χ3v) is 4.28. The number of nitrogens with one attached hydrogen (secondary N) is 1. The second-order valence-electron chi connectivity index (χ2n) is 4.70. The van der Waals surface area contributed by atoms with Crippen LogP contribution in [0.5, 0.6) is 0 Å². The fourth-order valence-electron chi connectivity index (χ4n) is 2.11. The molecule has 5 nitrogen and oxygen atoms in total. The van der Waals surface area contributed by atoms with E-state index in [4.69, 9.17) is 0 Å². The highest BCUT2D eigenvalue weighted by atomic mass is 32.2. The van der Waals surface area contributed by atoms with Crippen LogP contribution in [0.15, 0.2) is 41.3 Å². The lowest BCUT2D eigenvalue weighted by molar-refractivity contribution is -0.153. The molecule has 0 bridgehead atoms. The summed E-state index contributed by atoms with van der Waals surface area (Å²) in [5.41, 5.74) is -0.975. The Morgan fingerprint density at radius 3 is 2.50 bits per heavy atom. The summed E-state index contributed by atoms with van der Waals surface area (Å²) in [6, 6.07) is 6.60. The van der Waals surface area contributed by atoms with Gasteiger partial charge in [-0.2, -0.15) is 0 Å². The van der Waals surface area contributed by atoms with Crippen molar-refractivity contribution in [1.82, 2.24) is 0 Å². The van der Waals surface area contributed by atoms with E-state index in [1.165, 1.54) is 0 Å². The summed E-state index contributed by atoms with van der Waals surface area (Å²) in [5, 5.41) is 11.9. The minimum absolute atomic E-state index is 0.188. The maximum atomic E-state index is 12.3. The molecule has 1 unspecified atom stereocenters. The highest BCUT2D eigenvalue weighted by Gasteiger charge is 2.46. The summed E-state index contributed by atoms with van der Waals surface area (Å²) in [6.45, 7) is 0. The van der Waals surface area contributed by atoms with Crippen molar-refractivity contribution in [3.8, 4) is 0 Å². The fraction of sp³-hybridized carbons (Fsp3) is 0.286. The minimum atomic E-state index is -1.43. The molecule has 0 saturated carbocycles. The first-order valence-electron chi connectivity index (χ1n) is 6.09. The molecule has 2 rings (SSSR count). The minimum Gasteiger partial charge on any atom is -0.480 e. The number of allylic oxidation sites excluding steroid dienone is 2. The maximum Gasteiger partial charge on any atom is 0.319 e. The van der Waals surface area contributed by atoms with Gasteiger partial charge in [-0.25, -0.2) is 0 Å². The monoisotopic (exact) mass is 293 g/mol. The molecule has 0 spiro atoms. The summed E-state index contributed by atoms with van der Waals surface area (Å²) in [7, 11) is -1.16. The summed E-state index contributed by atoms with van der Waals surface area (Å²) >= 11 is 0. The topological polar surface area (TPSA) is 83.5 Å². The predicted molar refractivity (Wildman–Crippen MR) is 75.8 cm³/mol. The van der Waals surface area contributed by atoms with E-state index in [-0.39, 0.29) is 12.8 Å². The van der Waals surface area contributed by atoms with E-state index in [0.717, 1.165) is 0 Å². The first-order chi connectivity index (χ1) is 9.45. The normalized spacial score (nSPS) is 17.6. The van der Waals surface area contributed by atoms with E-state index in [1.54, 1.807) is 42.7 Å². The Kier molecular flexibility index (Phi) is 4.04. The quantitative estimate of drug-likeness (QED) is 0.655. The van der Waals surface area contributed by atoms with Crippen molar-refractivity contribution in [2.75, 3.05) is 11.6 Å². The number of rotatable bonds is 4. The first kappa shape index (κ1) is 14.5. The molecule has 0 heterocycles. The molecule has 0 aromatic heterocycles. The Hall–Kier alpha value is -1.95. The Balaban J connectivity index is 2.21. The van der Waals surface area contributed by atoms with Gasteiger partial charge in [-0.3, -0.25) is 13.8 Å². The highest BCUT2D eigenvalue weighted by molar-refractivity contribution is 7.84. The van der Waals surface area contributed by atoms with Crippen LogP contribution in [0.1, 0.15) is 12.8 Å². The van der Waals surface area contributed by atoms with Crippen LogP contribution >= 0.6 is 0 Å². The lowest BCUT2D eigenvalue weighted by Gasteiger charge is -2.22. The molecule has 1 aromatic rings. The molecule has 106 valence electrons. The maximum absolute atomic E-state index is 12.3. The van der Waals surface area contributed by atoms with E-state index < -0.39 is 28.1 Å². The molecule has 20 heavy (non-hydrogen) atoms. The SMILES string of the molecule is CS(=O)c1cccc(NC(=O)C2(C(=O)O)CC=CC2)c1. The van der Waals surface area contributed by atoms with Crippen molar-refractivity contribution in [2.24, 2.45) is 5.41 Å². The van der Waals surface area contributed by atoms with Crippen LogP contribution in [-0.4, -0.2) is 27.4 Å². The number of hydrogen-bond donors (Lipinski definition) is 2. The number of carbonyl (C=O) groups excluding carboxylic acids is 1. The third-order valence-electron chi connectivity index (χ3n) is 3.37. The van der Waals surface area contributed by atoms with Gasteiger partial charge in [0.05, 0.1) is 0 Å². The smallest absolute Gasteiger partial charge is 0.319 e. The van der Waals surface area contributed by atoms with Gasteiger partial charge in [0, 0.05) is 27.6 Å². The molecule has 0 fully saturated rings. The number of anilines is 1. The summed E-state index contributed by atoms with van der Waals surface area (Å²) in [5.74, 6) is -1.68. The standard InChI is InChI=1S/C14H15NO4S/c1-20(19)11-6-4-5-10(9-11)15-12(16)14(13(17)18)7-2-3-8-14/h2-6,9H,7-8H2,1H3,(H,15,16)(H,17,18). The van der Waals surface area contributed by atoms with Gasteiger partial charge in [-0.15, -0.1) is 0 Å². The Morgan fingerprint density at radius 2 is 1.95 bits per heavy atom. The van der Waals surface area contributed by atoms with Crippen LogP contribution in [0.25, 0.3) is 0 Å². The van der Waals surface area contributed by atoms with Gasteiger partial charge in [-0.1, -0.05) is 18.2 Å². The second-order valence-corrected chi connectivity index (χ2v) is 6.08. The zero-order chi connectivity index (χ0) is 14.8. The molecule has 2 N–H and O–H groups in total. The van der Waals surface area contributed by atoms with Gasteiger partial charge in [-0.05, 0) is 31.0 Å². The average Bonchev–Trinajstić information content (AvgIpc) is 2.89. The Bertz CT molecular complexity index is 601. The lowest BCUT2D eigenvalue weighted by atomic mass is 9.84. The number of amides is 1. The fourth-order valence-corrected chi connectivity index (χ4v) is 2.68. The van der Waals surface area contributed by atoms with E-state index in [2.05, 4.69) is 5.32 Å². The van der Waals surface area contributed by atoms with Gasteiger partial charge in [0.15, 0.2) is 5.41 Å². The number of carboxylic acids is 1. The van der Waals surface area contributed by atoms with Gasteiger partial charge in [0.2, 0.25) is 5.91 Å². The van der Waals surface area contributed by atoms with Crippen molar-refractivity contribution in [3.05, 3.63) is 36.4 Å². The van der Waals surface area contributed by atoms with Crippen molar-refractivity contribution in [3.63, 3.8) is 0 Å². The molecule has 0 radical (unpaired) electrons. The van der Waals surface area contributed by atoms with Crippen LogP contribution < -0.4 is 5.32 Å². The molecule has 1 aliphatic carbocycles. The molecule has 1 aromatic carbocycles. The van der Waals surface area contributed by atoms with E-state index >= 15 is 0 Å². The van der Waals surface area contributed by atoms with Gasteiger partial charge in [0.1, 0.15) is 0 Å². The number of benzene rings is 1. The first-order valence-corrected chi connectivity index (χ1v) is 7.65. The number of hydrogen-bond acceptors (Lipinski definition) is 3. The van der Waals surface area contributed by atoms with Crippen molar-refractivity contribution < 1.29 is 18.9 Å². The molecule has 0 saturated heterocycles. The van der Waals surface area contributed by atoms with Gasteiger partial charge < -0.3 is 10.4 Å². The number of carboxylic acid groups (broad SMARTS) is 1. The van der Waals surface area contributed by atoms with Crippen molar-refractivity contribution in [2.45, 2.75) is 17.7 Å². The highest BCUT2D eigenvalue weighted by Crippen LogP contribution is 2.35. The van der Waals surface area contributed by atoms with Crippen molar-refractivity contribution >= 4 is 28.4 Å². The van der Waals surface area contributed by atoms with Crippen molar-refractivity contribution in [1.29, 1.82) is 0 Å². The van der Waals surface area contributed by atoms with Crippen LogP contribution in [0.2, 0.25) is 0 Å². The van der Waals surface area contributed by atoms with E-state index in [9.17, 15) is 18.9 Å². The summed E-state index contributed by atoms with van der Waals surface area (Å²) in [4.78, 5) is 24.2. The molecular weight excluding hydrogens is 278 g/mol. The summed E-state index contributed by atoms with van der Waals surface area (Å²) in [6.07, 6.45) is 5.32. The average molecular weight is 293 g/mol. The molecule has 0 aliphatic heterocycles. The molecule has 1 aliphatic rings. The molecule has 1 atom stereocenters. The zero-order valence-electron chi connectivity index (χ0n) is 11.0. The van der Waals surface area contributed by atoms with Gasteiger partial charge in [0.25, 0.3) is 0 Å². The van der Waals surface area contributed by atoms with Crippen LogP contribution in [0.4, 0.5) is 5.69 Å². The Morgan fingerprint density at radius 1 is 1.30 bits per heavy atom. The Labute approximate surface area is 119 Å². The third kappa shape index (κ3) is 2.65. The van der Waals surface area contributed by atoms with Crippen LogP contribution in [0.3, 0.4) is 0 Å². The van der Waals surface area contributed by atoms with E-state index in [0.29, 0.717) is 10.6 Å². The second kappa shape index (κ2) is 5.58. The molecule has 1 amide bonds. The van der Waals surface area contributed by atoms with Crippen LogP contribution in [0, 0.1) is 5.41 Å². The number of carbonyl (C=O) groups is 2. The predicted octanol–water partition coefficient (Wildman–Crippen LogP) is 1.78. The number of aliphatic carboxylic acids is 1. The molecule has 6 heteroatoms. The summed E-state index contributed by atoms with van der Waals surface area (Å²) < 4.78 is 11.4. The largest absolute Gasteiger partial charge is 0.480 e. The molecular formula is C14H15NO4S. The van der Waals surface area contributed by atoms with Gasteiger partial charge >= 0.3 is 5.97 Å². The zero-order valence-corrected chi connectivity index (χ0v) is 11.8. The van der Waals surface area contributed by atoms with E-state index in [1.807, 2.05) is 0 Å². The lowest BCUT2D eigenvalue weighted by Crippen LogP contribution is -2.41. The van der Waals surface area contributed by atoms with Crippen LogP contribution in [-0.2, 0) is 20.4 Å².